The number of nitrogens with zero attached hydrogens (tertiary/aromatic N) is 2. The fourth-order valence-electron chi connectivity index (χ4n) is 2.19. The third kappa shape index (κ3) is 3.16. The van der Waals surface area contributed by atoms with Gasteiger partial charge in [-0.3, -0.25) is 0 Å². The van der Waals surface area contributed by atoms with Gasteiger partial charge in [0.05, 0.1) is 17.6 Å². The second-order valence-electron chi connectivity index (χ2n) is 4.83. The number of benzene rings is 1. The molecule has 0 bridgehead atoms. The Kier molecular flexibility index (Phi) is 4.36. The van der Waals surface area contributed by atoms with E-state index in [-0.39, 0.29) is 0 Å². The Labute approximate surface area is 128 Å². The predicted octanol–water partition coefficient (Wildman–Crippen LogP) is 4.84. The van der Waals surface area contributed by atoms with E-state index in [9.17, 15) is 0 Å². The second-order valence-corrected chi connectivity index (χ2v) is 5.67. The van der Waals surface area contributed by atoms with Gasteiger partial charge in [-0.2, -0.15) is 0 Å². The standard InChI is InChI=1S/C17H18N2OS/c1-2-3-11-19-15(16-10-7-12-20-16)13-21-17(19)18-14-8-5-4-6-9-14/h4-10,12-13H,2-3,11H2,1H3. The predicted molar refractivity (Wildman–Crippen MR) is 86.6 cm³/mol. The highest BCUT2D eigenvalue weighted by molar-refractivity contribution is 7.07. The van der Waals surface area contributed by atoms with Crippen LogP contribution in [0.3, 0.4) is 0 Å². The monoisotopic (exact) mass is 298 g/mol. The molecule has 1 aromatic carbocycles. The molecule has 3 aromatic rings. The van der Waals surface area contributed by atoms with Gasteiger partial charge in [0, 0.05) is 11.9 Å². The molecule has 21 heavy (non-hydrogen) atoms. The SMILES string of the molecule is CCCCn1c(-c2ccco2)csc1=Nc1ccccc1. The van der Waals surface area contributed by atoms with Gasteiger partial charge in [0.25, 0.3) is 0 Å². The molecule has 108 valence electrons. The first-order valence-corrected chi connectivity index (χ1v) is 8.08. The zero-order valence-corrected chi connectivity index (χ0v) is 12.8. The van der Waals surface area contributed by atoms with Crippen molar-refractivity contribution in [1.82, 2.24) is 4.57 Å². The van der Waals surface area contributed by atoms with Crippen molar-refractivity contribution in [1.29, 1.82) is 0 Å². The van der Waals surface area contributed by atoms with Gasteiger partial charge in [0.2, 0.25) is 0 Å². The fraction of sp³-hybridized carbons (Fsp3) is 0.235. The summed E-state index contributed by atoms with van der Waals surface area (Å²) in [5.41, 5.74) is 2.09. The van der Waals surface area contributed by atoms with Crippen molar-refractivity contribution in [2.75, 3.05) is 0 Å². The number of hydrogen-bond acceptors (Lipinski definition) is 3. The lowest BCUT2D eigenvalue weighted by Gasteiger charge is -2.06. The highest BCUT2D eigenvalue weighted by atomic mass is 32.1. The zero-order chi connectivity index (χ0) is 14.5. The molecule has 4 heteroatoms. The molecule has 0 aliphatic rings. The van der Waals surface area contributed by atoms with Crippen molar-refractivity contribution in [3.63, 3.8) is 0 Å². The van der Waals surface area contributed by atoms with Gasteiger partial charge in [-0.15, -0.1) is 11.3 Å². The topological polar surface area (TPSA) is 30.4 Å². The third-order valence-corrected chi connectivity index (χ3v) is 4.15. The molecule has 0 N–H and O–H groups in total. The third-order valence-electron chi connectivity index (χ3n) is 3.29. The Hall–Kier alpha value is -2.07. The van der Waals surface area contributed by atoms with Crippen LogP contribution in [0, 0.1) is 0 Å². The van der Waals surface area contributed by atoms with Crippen molar-refractivity contribution < 1.29 is 4.42 Å². The molecule has 0 atom stereocenters. The van der Waals surface area contributed by atoms with Crippen LogP contribution in [-0.2, 0) is 6.54 Å². The Bertz CT molecular complexity index is 739. The van der Waals surface area contributed by atoms with Crippen LogP contribution in [-0.4, -0.2) is 4.57 Å². The molecular weight excluding hydrogens is 280 g/mol. The van der Waals surface area contributed by atoms with E-state index in [0.29, 0.717) is 0 Å². The quantitative estimate of drug-likeness (QED) is 0.663. The summed E-state index contributed by atoms with van der Waals surface area (Å²) in [7, 11) is 0. The minimum Gasteiger partial charge on any atom is -0.463 e. The van der Waals surface area contributed by atoms with Crippen molar-refractivity contribution in [3.8, 4) is 11.5 Å². The number of para-hydroxylation sites is 1. The maximum Gasteiger partial charge on any atom is 0.190 e. The highest BCUT2D eigenvalue weighted by Gasteiger charge is 2.09. The Morgan fingerprint density at radius 3 is 2.71 bits per heavy atom. The lowest BCUT2D eigenvalue weighted by atomic mass is 10.3. The molecule has 0 amide bonds. The van der Waals surface area contributed by atoms with E-state index < -0.39 is 0 Å². The molecule has 0 aliphatic heterocycles. The summed E-state index contributed by atoms with van der Waals surface area (Å²) in [6.45, 7) is 3.16. The average Bonchev–Trinajstić information content (AvgIpc) is 3.16. The maximum atomic E-state index is 5.55. The van der Waals surface area contributed by atoms with Gasteiger partial charge in [-0.05, 0) is 30.7 Å². The molecule has 0 spiro atoms. The molecule has 0 fully saturated rings. The van der Waals surface area contributed by atoms with Crippen LogP contribution in [0.5, 0.6) is 0 Å². The van der Waals surface area contributed by atoms with Gasteiger partial charge in [-0.1, -0.05) is 31.5 Å². The molecule has 2 aromatic heterocycles. The van der Waals surface area contributed by atoms with Gasteiger partial charge in [0.15, 0.2) is 10.6 Å². The smallest absolute Gasteiger partial charge is 0.190 e. The Morgan fingerprint density at radius 1 is 1.14 bits per heavy atom. The summed E-state index contributed by atoms with van der Waals surface area (Å²) < 4.78 is 7.80. The lowest BCUT2D eigenvalue weighted by molar-refractivity contribution is 0.562. The van der Waals surface area contributed by atoms with E-state index in [4.69, 9.17) is 9.41 Å². The maximum absolute atomic E-state index is 5.55. The summed E-state index contributed by atoms with van der Waals surface area (Å²) in [4.78, 5) is 5.78. The van der Waals surface area contributed by atoms with Crippen molar-refractivity contribution in [3.05, 3.63) is 58.9 Å². The first kappa shape index (κ1) is 13.9. The summed E-state index contributed by atoms with van der Waals surface area (Å²) in [5, 5.41) is 2.12. The molecule has 0 saturated carbocycles. The summed E-state index contributed by atoms with van der Waals surface area (Å²) in [5.74, 6) is 0.900. The molecule has 2 heterocycles. The lowest BCUT2D eigenvalue weighted by Crippen LogP contribution is -2.15. The Balaban J connectivity index is 2.06. The molecule has 0 aliphatic carbocycles. The summed E-state index contributed by atoms with van der Waals surface area (Å²) in [6.07, 6.45) is 4.00. The van der Waals surface area contributed by atoms with Crippen molar-refractivity contribution in [2.24, 2.45) is 4.99 Å². The largest absolute Gasteiger partial charge is 0.463 e. The van der Waals surface area contributed by atoms with Crippen LogP contribution < -0.4 is 4.80 Å². The second kappa shape index (κ2) is 6.59. The van der Waals surface area contributed by atoms with E-state index in [1.165, 1.54) is 0 Å². The van der Waals surface area contributed by atoms with Gasteiger partial charge >= 0.3 is 0 Å². The molecular formula is C17H18N2OS. The molecule has 0 saturated heterocycles. The molecule has 0 unspecified atom stereocenters. The van der Waals surface area contributed by atoms with E-state index >= 15 is 0 Å². The number of unbranched alkanes of at least 4 members (excludes halogenated alkanes) is 1. The van der Waals surface area contributed by atoms with Gasteiger partial charge in [0.1, 0.15) is 0 Å². The van der Waals surface area contributed by atoms with Crippen LogP contribution in [0.4, 0.5) is 5.69 Å². The highest BCUT2D eigenvalue weighted by Crippen LogP contribution is 2.21. The van der Waals surface area contributed by atoms with Crippen LogP contribution in [0.25, 0.3) is 11.5 Å². The first-order valence-electron chi connectivity index (χ1n) is 7.20. The first-order chi connectivity index (χ1) is 10.4. The Morgan fingerprint density at radius 2 is 2.00 bits per heavy atom. The minimum atomic E-state index is 0.900. The van der Waals surface area contributed by atoms with E-state index in [1.54, 1.807) is 17.6 Å². The van der Waals surface area contributed by atoms with E-state index in [1.807, 2.05) is 42.5 Å². The normalized spacial score (nSPS) is 12.0. The van der Waals surface area contributed by atoms with Crippen LogP contribution in [0.2, 0.25) is 0 Å². The fourth-order valence-corrected chi connectivity index (χ4v) is 3.12. The molecule has 0 radical (unpaired) electrons. The summed E-state index contributed by atoms with van der Waals surface area (Å²) in [6, 6.07) is 14.0. The van der Waals surface area contributed by atoms with Crippen LogP contribution in [0.1, 0.15) is 19.8 Å². The van der Waals surface area contributed by atoms with E-state index in [2.05, 4.69) is 16.9 Å². The molecule has 3 nitrogen and oxygen atoms in total. The number of aromatic nitrogens is 1. The van der Waals surface area contributed by atoms with Gasteiger partial charge in [-0.25, -0.2) is 4.99 Å². The average molecular weight is 298 g/mol. The number of thiazole rings is 1. The van der Waals surface area contributed by atoms with Crippen LogP contribution >= 0.6 is 11.3 Å². The number of rotatable bonds is 5. The minimum absolute atomic E-state index is 0.900. The molecule has 3 rings (SSSR count). The van der Waals surface area contributed by atoms with Gasteiger partial charge < -0.3 is 8.98 Å². The van der Waals surface area contributed by atoms with Crippen molar-refractivity contribution >= 4 is 17.0 Å². The van der Waals surface area contributed by atoms with Crippen molar-refractivity contribution in [2.45, 2.75) is 26.3 Å². The van der Waals surface area contributed by atoms with Crippen LogP contribution in [0.15, 0.2) is 63.5 Å². The summed E-state index contributed by atoms with van der Waals surface area (Å²) >= 11 is 1.66. The van der Waals surface area contributed by atoms with E-state index in [0.717, 1.165) is 41.3 Å². The zero-order valence-electron chi connectivity index (χ0n) is 12.0. The number of furan rings is 1. The number of hydrogen-bond donors (Lipinski definition) is 0.